The standard InChI is InChI=1S/C55H85N3O13/c1-15-25-58-29-31(3)48(59)55(11,63)43(16-2)68-50(60)35(7)45(69-44-28-54(10,64-14)47(56)36(8)67-44)34(6)49(53(9,62)27-32(58)4)71-51-46(42(57(12)13)26-33(5)66-51)70-52(61)65-30-41-39-23-19-17-21-37(39)38-22-18-20-24-40(38)41/h15,17-24,31-36,41-49,51,59,62-63H,1,16,25-30,56H2,2-14H3/t31-,32+,33+,34-,35+,36-,42-,43+,44-,45-,46+,47-,48+,49+,51-,53+,54+,55+/m0/s1. The predicted molar refractivity (Wildman–Crippen MR) is 269 cm³/mol. The van der Waals surface area contributed by atoms with E-state index < -0.39 is 108 Å². The predicted octanol–water partition coefficient (Wildman–Crippen LogP) is 6.40. The Morgan fingerprint density at radius 3 is 2.14 bits per heavy atom. The number of esters is 1. The number of carbonyl (C=O) groups is 2. The van der Waals surface area contributed by atoms with Crippen molar-refractivity contribution in [1.82, 2.24) is 9.80 Å². The third kappa shape index (κ3) is 12.4. The lowest BCUT2D eigenvalue weighted by atomic mass is 9.78. The van der Waals surface area contributed by atoms with Gasteiger partial charge >= 0.3 is 12.1 Å². The second-order valence-electron chi connectivity index (χ2n) is 21.9. The van der Waals surface area contributed by atoms with E-state index in [1.165, 1.54) is 6.92 Å². The molecular weight excluding hydrogens is 911 g/mol. The molecule has 3 fully saturated rings. The quantitative estimate of drug-likeness (QED) is 0.134. The molecule has 2 aromatic carbocycles. The highest BCUT2D eigenvalue weighted by atomic mass is 16.8. The molecule has 0 radical (unpaired) electrons. The van der Waals surface area contributed by atoms with Crippen LogP contribution < -0.4 is 5.73 Å². The molecule has 0 aromatic heterocycles. The van der Waals surface area contributed by atoms with Crippen molar-refractivity contribution in [1.29, 1.82) is 0 Å². The summed E-state index contributed by atoms with van der Waals surface area (Å²) >= 11 is 0. The van der Waals surface area contributed by atoms with Crippen molar-refractivity contribution in [3.8, 4) is 11.1 Å². The number of cyclic esters (lactones) is 1. The first-order chi connectivity index (χ1) is 33.4. The molecule has 71 heavy (non-hydrogen) atoms. The van der Waals surface area contributed by atoms with Crippen molar-refractivity contribution < 1.29 is 62.8 Å². The number of nitrogens with two attached hydrogens (primary N) is 1. The summed E-state index contributed by atoms with van der Waals surface area (Å²) in [4.78, 5) is 32.8. The molecule has 3 saturated heterocycles. The molecule has 0 unspecified atom stereocenters. The highest BCUT2D eigenvalue weighted by Gasteiger charge is 2.53. The molecule has 4 aliphatic rings. The second kappa shape index (κ2) is 23.4. The van der Waals surface area contributed by atoms with Crippen molar-refractivity contribution in [3.05, 3.63) is 72.3 Å². The molecule has 398 valence electrons. The minimum atomic E-state index is -1.84. The summed E-state index contributed by atoms with van der Waals surface area (Å²) < 4.78 is 51.6. The number of carbonyl (C=O) groups excluding carboxylic acids is 2. The molecule has 5 N–H and O–H groups in total. The number of nitrogens with zero attached hydrogens (tertiary/aromatic N) is 2. The maximum absolute atomic E-state index is 14.7. The Balaban J connectivity index is 1.40. The van der Waals surface area contributed by atoms with Gasteiger partial charge in [0.15, 0.2) is 18.7 Å². The third-order valence-electron chi connectivity index (χ3n) is 16.1. The van der Waals surface area contributed by atoms with Crippen LogP contribution in [0.15, 0.2) is 61.2 Å². The van der Waals surface area contributed by atoms with Gasteiger partial charge in [-0.1, -0.05) is 75.4 Å². The van der Waals surface area contributed by atoms with E-state index in [0.29, 0.717) is 19.5 Å². The van der Waals surface area contributed by atoms with E-state index in [9.17, 15) is 24.9 Å². The number of likely N-dealkylation sites (N-methyl/N-ethyl adjacent to an activating group) is 1. The van der Waals surface area contributed by atoms with Gasteiger partial charge in [-0.05, 0) is 110 Å². The lowest BCUT2D eigenvalue weighted by molar-refractivity contribution is -0.311. The van der Waals surface area contributed by atoms with Crippen LogP contribution in [0.4, 0.5) is 4.79 Å². The fraction of sp³-hybridized carbons (Fsp3) is 0.709. The Labute approximate surface area is 422 Å². The van der Waals surface area contributed by atoms with Crippen LogP contribution in [0, 0.1) is 17.8 Å². The fourth-order valence-electron chi connectivity index (χ4n) is 11.8. The SMILES string of the molecule is C=CCN1C[C@H](C)[C@@H](O)[C@](C)(O)[C@@H](CC)OC(=O)[C@H](C)[C@@H](O[C@H]2C[C@@](C)(OC)[C@@H](N)[C@H](C)O2)[C@H](C)[C@@H](O[C@@H]2O[C@H](C)C[C@H](N(C)C)[C@H]2OC(=O)OCC2c3ccccc3-c3ccccc32)[C@](C)(O)C[C@H]1C. The minimum absolute atomic E-state index is 0.0360. The minimum Gasteiger partial charge on any atom is -0.459 e. The Morgan fingerprint density at radius 1 is 0.944 bits per heavy atom. The van der Waals surface area contributed by atoms with Gasteiger partial charge in [-0.15, -0.1) is 6.58 Å². The molecule has 0 spiro atoms. The van der Waals surface area contributed by atoms with Gasteiger partial charge in [-0.25, -0.2) is 4.79 Å². The largest absolute Gasteiger partial charge is 0.508 e. The first kappa shape index (κ1) is 56.8. The molecule has 3 heterocycles. The van der Waals surface area contributed by atoms with Gasteiger partial charge in [-0.2, -0.15) is 0 Å². The van der Waals surface area contributed by atoms with Crippen molar-refractivity contribution in [3.63, 3.8) is 0 Å². The molecule has 2 aromatic rings. The Kier molecular flexibility index (Phi) is 18.7. The summed E-state index contributed by atoms with van der Waals surface area (Å²) in [5.41, 5.74) is 6.50. The third-order valence-corrected chi connectivity index (χ3v) is 16.1. The van der Waals surface area contributed by atoms with E-state index in [0.717, 1.165) is 22.3 Å². The highest BCUT2D eigenvalue weighted by molar-refractivity contribution is 5.79. The van der Waals surface area contributed by atoms with E-state index in [4.69, 9.17) is 43.6 Å². The van der Waals surface area contributed by atoms with Crippen LogP contribution in [0.25, 0.3) is 11.1 Å². The van der Waals surface area contributed by atoms with Crippen LogP contribution in [0.3, 0.4) is 0 Å². The number of ether oxygens (including phenoxy) is 8. The summed E-state index contributed by atoms with van der Waals surface area (Å²) in [7, 11) is 5.37. The van der Waals surface area contributed by atoms with Crippen molar-refractivity contribution in [2.75, 3.05) is 40.9 Å². The number of methoxy groups -OCH3 is 1. The zero-order chi connectivity index (χ0) is 52.3. The molecule has 0 amide bonds. The van der Waals surface area contributed by atoms with Crippen LogP contribution >= 0.6 is 0 Å². The number of aliphatic hydroxyl groups is 3. The highest BCUT2D eigenvalue weighted by Crippen LogP contribution is 2.45. The van der Waals surface area contributed by atoms with Gasteiger partial charge in [0, 0.05) is 44.5 Å². The Morgan fingerprint density at radius 2 is 1.56 bits per heavy atom. The average Bonchev–Trinajstić information content (AvgIpc) is 3.64. The summed E-state index contributed by atoms with van der Waals surface area (Å²) in [5.74, 6) is -3.34. The number of hydrogen-bond donors (Lipinski definition) is 4. The summed E-state index contributed by atoms with van der Waals surface area (Å²) in [6.45, 7) is 22.6. The Bertz CT molecular complexity index is 2060. The lowest BCUT2D eigenvalue weighted by Gasteiger charge is -2.49. The number of benzene rings is 2. The van der Waals surface area contributed by atoms with E-state index >= 15 is 0 Å². The van der Waals surface area contributed by atoms with E-state index in [-0.39, 0.29) is 43.9 Å². The zero-order valence-electron chi connectivity index (χ0n) is 44.5. The summed E-state index contributed by atoms with van der Waals surface area (Å²) in [6, 6.07) is 14.9. The molecule has 16 heteroatoms. The van der Waals surface area contributed by atoms with Gasteiger partial charge in [0.2, 0.25) is 0 Å². The Hall–Kier alpha value is -3.52. The smallest absolute Gasteiger partial charge is 0.459 e. The molecule has 0 saturated carbocycles. The summed E-state index contributed by atoms with van der Waals surface area (Å²) in [5, 5.41) is 37.0. The second-order valence-corrected chi connectivity index (χ2v) is 21.9. The van der Waals surface area contributed by atoms with E-state index in [1.807, 2.05) is 84.8 Å². The van der Waals surface area contributed by atoms with E-state index in [2.05, 4.69) is 35.7 Å². The molecule has 3 aliphatic heterocycles. The van der Waals surface area contributed by atoms with Crippen LogP contribution in [0.2, 0.25) is 0 Å². The van der Waals surface area contributed by atoms with Gasteiger partial charge in [0.1, 0.15) is 18.3 Å². The number of rotatable bonds is 12. The molecular formula is C55H85N3O13. The van der Waals surface area contributed by atoms with Gasteiger partial charge in [0.05, 0.1) is 59.7 Å². The lowest BCUT2D eigenvalue weighted by Crippen LogP contribution is -2.62. The molecule has 16 nitrogen and oxygen atoms in total. The molecule has 18 atom stereocenters. The molecule has 0 bridgehead atoms. The monoisotopic (exact) mass is 996 g/mol. The molecule has 6 rings (SSSR count). The maximum Gasteiger partial charge on any atom is 0.508 e. The average molecular weight is 996 g/mol. The number of fused-ring (bicyclic) bond motifs is 3. The van der Waals surface area contributed by atoms with Crippen LogP contribution in [0.1, 0.15) is 112 Å². The summed E-state index contributed by atoms with van der Waals surface area (Å²) in [6.07, 6.45) is -6.94. The fourth-order valence-corrected chi connectivity index (χ4v) is 11.8. The van der Waals surface area contributed by atoms with Crippen molar-refractivity contribution >= 4 is 12.1 Å². The van der Waals surface area contributed by atoms with Crippen molar-refractivity contribution in [2.24, 2.45) is 23.5 Å². The van der Waals surface area contributed by atoms with Crippen molar-refractivity contribution in [2.45, 2.75) is 191 Å². The maximum atomic E-state index is 14.7. The first-order valence-corrected chi connectivity index (χ1v) is 25.7. The number of hydrogen-bond acceptors (Lipinski definition) is 16. The topological polar surface area (TPSA) is 201 Å². The van der Waals surface area contributed by atoms with Crippen LogP contribution in [-0.4, -0.2) is 168 Å². The van der Waals surface area contributed by atoms with Crippen LogP contribution in [0.5, 0.6) is 0 Å². The van der Waals surface area contributed by atoms with E-state index in [1.54, 1.807) is 34.0 Å². The van der Waals surface area contributed by atoms with Gasteiger partial charge in [-0.3, -0.25) is 9.69 Å². The van der Waals surface area contributed by atoms with Gasteiger partial charge in [0.25, 0.3) is 0 Å². The molecule has 1 aliphatic carbocycles. The van der Waals surface area contributed by atoms with Crippen LogP contribution in [-0.2, 0) is 42.7 Å². The first-order valence-electron chi connectivity index (χ1n) is 25.7. The normalized spacial score (nSPS) is 39.9. The van der Waals surface area contributed by atoms with Gasteiger partial charge < -0.3 is 63.8 Å². The zero-order valence-corrected chi connectivity index (χ0v) is 44.5. The number of aliphatic hydroxyl groups excluding tert-OH is 1.